The molecule has 1 N–H and O–H groups in total. The first-order valence-corrected chi connectivity index (χ1v) is 13.6. The van der Waals surface area contributed by atoms with Gasteiger partial charge >= 0.3 is 5.97 Å². The second kappa shape index (κ2) is 10.9. The fourth-order valence-corrected chi connectivity index (χ4v) is 5.54. The summed E-state index contributed by atoms with van der Waals surface area (Å²) >= 11 is 0. The van der Waals surface area contributed by atoms with E-state index in [0.29, 0.717) is 11.3 Å². The largest absolute Gasteiger partial charge is 0.454 e. The second-order valence-corrected chi connectivity index (χ2v) is 10.4. The van der Waals surface area contributed by atoms with Gasteiger partial charge in [-0.1, -0.05) is 66.7 Å². The molecule has 2 amide bonds. The molecule has 4 aromatic carbocycles. The minimum atomic E-state index is -0.659. The normalized spacial score (nSPS) is 16.3. The van der Waals surface area contributed by atoms with Crippen LogP contribution in [0.15, 0.2) is 97.1 Å². The molecule has 2 unspecified atom stereocenters. The highest BCUT2D eigenvalue weighted by Crippen LogP contribution is 2.36. The summed E-state index contributed by atoms with van der Waals surface area (Å²) in [4.78, 5) is 52.4. The number of carbonyl (C=O) groups is 4. The Bertz CT molecular complexity index is 1660. The van der Waals surface area contributed by atoms with Crippen LogP contribution in [-0.4, -0.2) is 36.2 Å². The van der Waals surface area contributed by atoms with Gasteiger partial charge in [-0.3, -0.25) is 19.7 Å². The molecule has 4 aromatic rings. The van der Waals surface area contributed by atoms with E-state index >= 15 is 0 Å². The summed E-state index contributed by atoms with van der Waals surface area (Å²) in [5.41, 5.74) is 6.73. The van der Waals surface area contributed by atoms with Gasteiger partial charge in [0.1, 0.15) is 0 Å². The van der Waals surface area contributed by atoms with E-state index in [1.54, 1.807) is 6.07 Å². The molecule has 0 spiro atoms. The van der Waals surface area contributed by atoms with Crippen molar-refractivity contribution in [1.29, 1.82) is 0 Å². The first-order chi connectivity index (χ1) is 19.9. The molecule has 1 aliphatic heterocycles. The molecule has 0 saturated carbocycles. The Labute approximate surface area is 237 Å². The number of ketones is 1. The van der Waals surface area contributed by atoms with Crippen LogP contribution in [-0.2, 0) is 20.7 Å². The molecule has 1 heterocycles. The number of nitrogens with zero attached hydrogens (tertiary/aromatic N) is 1. The van der Waals surface area contributed by atoms with Crippen LogP contribution >= 0.6 is 0 Å². The zero-order valence-corrected chi connectivity index (χ0v) is 22.5. The highest BCUT2D eigenvalue weighted by Gasteiger charge is 2.40. The van der Waals surface area contributed by atoms with Crippen molar-refractivity contribution in [3.8, 4) is 11.1 Å². The number of amides is 2. The van der Waals surface area contributed by atoms with E-state index in [1.165, 1.54) is 35.4 Å². The average Bonchev–Trinajstić information content (AvgIpc) is 3.51. The summed E-state index contributed by atoms with van der Waals surface area (Å²) in [5, 5.41) is 3.25. The summed E-state index contributed by atoms with van der Waals surface area (Å²) in [5.74, 6) is -1.60. The summed E-state index contributed by atoms with van der Waals surface area (Å²) in [6.45, 7) is 1.56. The van der Waals surface area contributed by atoms with Crippen molar-refractivity contribution < 1.29 is 23.9 Å². The van der Waals surface area contributed by atoms with E-state index in [4.69, 9.17) is 4.74 Å². The lowest BCUT2D eigenvalue weighted by molar-refractivity contribution is -0.121. The number of carbonyl (C=O) groups excluding carboxylic acids is 4. The molecule has 41 heavy (non-hydrogen) atoms. The lowest BCUT2D eigenvalue weighted by atomic mass is 10.0. The quantitative estimate of drug-likeness (QED) is 0.162. The molecule has 1 fully saturated rings. The molecule has 7 heteroatoms. The Hall–Kier alpha value is -4.88. The topological polar surface area (TPSA) is 92.8 Å². The molecule has 0 aromatic heterocycles. The summed E-state index contributed by atoms with van der Waals surface area (Å²) in [6, 6.07) is 28.8. The smallest absolute Gasteiger partial charge is 0.338 e. The standard InChI is InChI=1S/C34H28N2O5/c1-21(22-7-3-2-4-8-22)35-30-19-32(38)36(33(30)39)27-14-11-23(12-15-27)34(40)41-20-31(37)25-13-16-29-26(18-25)17-24-9-5-6-10-28(24)29/h2-16,18,21,30,35H,17,19-20H2,1H3. The van der Waals surface area contributed by atoms with Crippen molar-refractivity contribution in [2.45, 2.75) is 31.8 Å². The first kappa shape index (κ1) is 26.3. The lowest BCUT2D eigenvalue weighted by Crippen LogP contribution is -2.40. The molecule has 2 atom stereocenters. The van der Waals surface area contributed by atoms with Gasteiger partial charge in [-0.05, 0) is 71.5 Å². The molecular formula is C34H28N2O5. The fraction of sp³-hybridized carbons (Fsp3) is 0.176. The first-order valence-electron chi connectivity index (χ1n) is 13.6. The van der Waals surface area contributed by atoms with Crippen molar-refractivity contribution in [3.05, 3.63) is 125 Å². The third-order valence-electron chi connectivity index (χ3n) is 7.71. The van der Waals surface area contributed by atoms with E-state index in [9.17, 15) is 19.2 Å². The van der Waals surface area contributed by atoms with Gasteiger partial charge in [0, 0.05) is 11.6 Å². The van der Waals surface area contributed by atoms with E-state index in [1.807, 2.05) is 61.5 Å². The van der Waals surface area contributed by atoms with Crippen LogP contribution in [0.5, 0.6) is 0 Å². The zero-order chi connectivity index (χ0) is 28.5. The number of fused-ring (bicyclic) bond motifs is 3. The summed E-state index contributed by atoms with van der Waals surface area (Å²) < 4.78 is 5.29. The number of anilines is 1. The van der Waals surface area contributed by atoms with Gasteiger partial charge in [0.05, 0.1) is 23.7 Å². The van der Waals surface area contributed by atoms with E-state index in [-0.39, 0.29) is 42.2 Å². The third kappa shape index (κ3) is 5.19. The Kier molecular flexibility index (Phi) is 7.03. The number of rotatable bonds is 8. The maximum atomic E-state index is 13.1. The van der Waals surface area contributed by atoms with Crippen LogP contribution in [0.1, 0.15) is 56.8 Å². The molecule has 1 aliphatic carbocycles. The van der Waals surface area contributed by atoms with Crippen molar-refractivity contribution in [2.24, 2.45) is 0 Å². The summed E-state index contributed by atoms with van der Waals surface area (Å²) in [6.07, 6.45) is 0.820. The second-order valence-electron chi connectivity index (χ2n) is 10.4. The molecule has 2 aliphatic rings. The number of benzene rings is 4. The number of ether oxygens (including phenoxy) is 1. The lowest BCUT2D eigenvalue weighted by Gasteiger charge is -2.19. The molecule has 0 radical (unpaired) electrons. The molecule has 6 rings (SSSR count). The van der Waals surface area contributed by atoms with Crippen LogP contribution in [0.25, 0.3) is 11.1 Å². The average molecular weight is 545 g/mol. The van der Waals surface area contributed by atoms with Gasteiger partial charge in [0.25, 0.3) is 5.91 Å². The predicted octanol–water partition coefficient (Wildman–Crippen LogP) is 5.28. The number of nitrogens with one attached hydrogen (secondary N) is 1. The molecular weight excluding hydrogens is 516 g/mol. The van der Waals surface area contributed by atoms with E-state index in [2.05, 4.69) is 17.4 Å². The van der Waals surface area contributed by atoms with Gasteiger partial charge in [0.2, 0.25) is 5.91 Å². The zero-order valence-electron chi connectivity index (χ0n) is 22.5. The van der Waals surface area contributed by atoms with Crippen molar-refractivity contribution in [3.63, 3.8) is 0 Å². The number of imide groups is 1. The Morgan fingerprint density at radius 3 is 2.32 bits per heavy atom. The van der Waals surface area contributed by atoms with E-state index < -0.39 is 12.0 Å². The summed E-state index contributed by atoms with van der Waals surface area (Å²) in [7, 11) is 0. The van der Waals surface area contributed by atoms with Crippen LogP contribution < -0.4 is 10.2 Å². The molecule has 1 saturated heterocycles. The van der Waals surface area contributed by atoms with Gasteiger partial charge in [-0.25, -0.2) is 9.69 Å². The highest BCUT2D eigenvalue weighted by molar-refractivity contribution is 6.22. The molecule has 0 bridgehead atoms. The predicted molar refractivity (Wildman–Crippen MR) is 155 cm³/mol. The number of Topliss-reactive ketones (excluding diaryl/α,β-unsaturated/α-hetero) is 1. The van der Waals surface area contributed by atoms with Crippen LogP contribution in [0, 0.1) is 0 Å². The van der Waals surface area contributed by atoms with Crippen molar-refractivity contribution in [2.75, 3.05) is 11.5 Å². The number of hydrogen-bond acceptors (Lipinski definition) is 6. The molecule has 7 nitrogen and oxygen atoms in total. The maximum Gasteiger partial charge on any atom is 0.338 e. The van der Waals surface area contributed by atoms with Crippen LogP contribution in [0.2, 0.25) is 0 Å². The van der Waals surface area contributed by atoms with Gasteiger partial charge < -0.3 is 4.74 Å². The maximum absolute atomic E-state index is 13.1. The minimum Gasteiger partial charge on any atom is -0.454 e. The third-order valence-corrected chi connectivity index (χ3v) is 7.71. The monoisotopic (exact) mass is 544 g/mol. The van der Waals surface area contributed by atoms with Crippen molar-refractivity contribution >= 4 is 29.3 Å². The molecule has 204 valence electrons. The Balaban J connectivity index is 1.06. The Morgan fingerprint density at radius 2 is 1.54 bits per heavy atom. The highest BCUT2D eigenvalue weighted by atomic mass is 16.5. The van der Waals surface area contributed by atoms with Gasteiger partial charge in [-0.15, -0.1) is 0 Å². The SMILES string of the molecule is CC(NC1CC(=O)N(c2ccc(C(=O)OCC(=O)c3ccc4c(c3)Cc3ccccc3-4)cc2)C1=O)c1ccccc1. The number of esters is 1. The number of hydrogen-bond donors (Lipinski definition) is 1. The van der Waals surface area contributed by atoms with Gasteiger partial charge in [-0.2, -0.15) is 0 Å². The van der Waals surface area contributed by atoms with Gasteiger partial charge in [0.15, 0.2) is 12.4 Å². The van der Waals surface area contributed by atoms with Crippen LogP contribution in [0.3, 0.4) is 0 Å². The van der Waals surface area contributed by atoms with Crippen molar-refractivity contribution in [1.82, 2.24) is 5.32 Å². The Morgan fingerprint density at radius 1 is 0.854 bits per heavy atom. The van der Waals surface area contributed by atoms with Crippen LogP contribution in [0.4, 0.5) is 5.69 Å². The fourth-order valence-electron chi connectivity index (χ4n) is 5.54. The van der Waals surface area contributed by atoms with E-state index in [0.717, 1.165) is 28.0 Å². The minimum absolute atomic E-state index is 0.0523.